The molecule has 4 aromatic rings. The number of carbonyl (C=O) groups excluding carboxylic acids is 1. The monoisotopic (exact) mass is 683 g/mol. The minimum absolute atomic E-state index is 0.130. The zero-order valence-electron chi connectivity index (χ0n) is 21.4. The van der Waals surface area contributed by atoms with Crippen LogP contribution in [0.1, 0.15) is 49.4 Å². The number of ketones is 1. The summed E-state index contributed by atoms with van der Waals surface area (Å²) in [6.45, 7) is 4.61. The number of hydrogen-bond donors (Lipinski definition) is 1. The Morgan fingerprint density at radius 1 is 1.00 bits per heavy atom. The molecule has 0 spiro atoms. The van der Waals surface area contributed by atoms with Gasteiger partial charge < -0.3 is 10.1 Å². The van der Waals surface area contributed by atoms with Crippen molar-refractivity contribution in [3.8, 4) is 5.75 Å². The number of fused-ring (bicyclic) bond motifs is 4. The lowest BCUT2D eigenvalue weighted by atomic mass is 9.68. The fraction of sp³-hybridized carbons (Fsp3) is 0.219. The van der Waals surface area contributed by atoms with Crippen molar-refractivity contribution in [2.75, 3.05) is 5.32 Å². The normalized spacial score (nSPS) is 18.0. The van der Waals surface area contributed by atoms with Gasteiger partial charge in [0.1, 0.15) is 12.4 Å². The summed E-state index contributed by atoms with van der Waals surface area (Å²) < 4.78 is 8.10. The van der Waals surface area contributed by atoms with Crippen molar-refractivity contribution in [3.63, 3.8) is 0 Å². The van der Waals surface area contributed by atoms with Crippen molar-refractivity contribution in [2.24, 2.45) is 5.41 Å². The van der Waals surface area contributed by atoms with Crippen LogP contribution in [0, 0.1) is 5.41 Å². The Bertz CT molecular complexity index is 1700. The van der Waals surface area contributed by atoms with Crippen LogP contribution in [-0.2, 0) is 11.4 Å². The predicted molar refractivity (Wildman–Crippen MR) is 168 cm³/mol. The number of ether oxygens (including phenoxy) is 1. The van der Waals surface area contributed by atoms with Crippen LogP contribution in [0.25, 0.3) is 16.3 Å². The highest BCUT2D eigenvalue weighted by Gasteiger charge is 2.41. The minimum Gasteiger partial charge on any atom is -0.487 e. The van der Waals surface area contributed by atoms with E-state index in [4.69, 9.17) is 27.9 Å². The Labute approximate surface area is 254 Å². The molecule has 0 saturated carbocycles. The van der Waals surface area contributed by atoms with Gasteiger partial charge in [0.25, 0.3) is 0 Å². The van der Waals surface area contributed by atoms with Crippen LogP contribution in [0.2, 0.25) is 10.0 Å². The fourth-order valence-electron chi connectivity index (χ4n) is 5.81. The molecule has 0 unspecified atom stereocenters. The van der Waals surface area contributed by atoms with Crippen molar-refractivity contribution in [1.82, 2.24) is 0 Å². The van der Waals surface area contributed by atoms with E-state index in [9.17, 15) is 4.79 Å². The molecule has 39 heavy (non-hydrogen) atoms. The third-order valence-electron chi connectivity index (χ3n) is 7.47. The van der Waals surface area contributed by atoms with Crippen molar-refractivity contribution < 1.29 is 9.53 Å². The predicted octanol–water partition coefficient (Wildman–Crippen LogP) is 10.6. The summed E-state index contributed by atoms with van der Waals surface area (Å²) in [5.74, 6) is 0.829. The quantitative estimate of drug-likeness (QED) is 0.232. The van der Waals surface area contributed by atoms with E-state index >= 15 is 0 Å². The number of rotatable bonds is 4. The van der Waals surface area contributed by atoms with Crippen LogP contribution in [0.3, 0.4) is 0 Å². The van der Waals surface area contributed by atoms with Gasteiger partial charge in [0, 0.05) is 48.9 Å². The Balaban J connectivity index is 1.52. The molecule has 0 radical (unpaired) electrons. The highest BCUT2D eigenvalue weighted by Crippen LogP contribution is 2.53. The molecule has 0 saturated heterocycles. The molecular formula is C32H25Br2Cl2NO2. The Hall–Kier alpha value is -2.31. The lowest BCUT2D eigenvalue weighted by Gasteiger charge is -2.40. The Kier molecular flexibility index (Phi) is 7.08. The van der Waals surface area contributed by atoms with Gasteiger partial charge in [-0.1, -0.05) is 89.4 Å². The van der Waals surface area contributed by atoms with E-state index in [1.165, 1.54) is 0 Å². The highest BCUT2D eigenvalue weighted by molar-refractivity contribution is 9.11. The molecule has 1 aliphatic carbocycles. The molecule has 198 valence electrons. The first kappa shape index (κ1) is 26.9. The number of nitrogens with one attached hydrogen (secondary N) is 1. The first-order chi connectivity index (χ1) is 18.6. The zero-order chi connectivity index (χ0) is 27.5. The van der Waals surface area contributed by atoms with Crippen molar-refractivity contribution in [1.29, 1.82) is 0 Å². The molecule has 1 atom stereocenters. The minimum atomic E-state index is -0.373. The van der Waals surface area contributed by atoms with Gasteiger partial charge in [-0.05, 0) is 74.4 Å². The maximum Gasteiger partial charge on any atom is 0.162 e. The molecule has 0 aromatic heterocycles. The van der Waals surface area contributed by atoms with Gasteiger partial charge >= 0.3 is 0 Å². The fourth-order valence-corrected chi connectivity index (χ4v) is 7.64. The van der Waals surface area contributed by atoms with Gasteiger partial charge in [0.05, 0.1) is 10.5 Å². The smallest absolute Gasteiger partial charge is 0.162 e. The van der Waals surface area contributed by atoms with Crippen LogP contribution in [0.4, 0.5) is 5.69 Å². The van der Waals surface area contributed by atoms with Gasteiger partial charge in [0.2, 0.25) is 0 Å². The Morgan fingerprint density at radius 2 is 1.79 bits per heavy atom. The molecule has 1 heterocycles. The molecule has 3 nitrogen and oxygen atoms in total. The van der Waals surface area contributed by atoms with E-state index in [1.54, 1.807) is 12.1 Å². The SMILES string of the molecule is CC1(C)CC(=O)C2=C(C1)c1c(ccc3ccccc13)N[C@H]2c1cc(Br)cc(Br)c1OCc1ccc(Cl)cc1Cl. The number of anilines is 1. The second kappa shape index (κ2) is 10.3. The molecule has 1 aliphatic heterocycles. The second-order valence-electron chi connectivity index (χ2n) is 11.0. The lowest BCUT2D eigenvalue weighted by molar-refractivity contribution is -0.118. The van der Waals surface area contributed by atoms with Crippen molar-refractivity contribution >= 4 is 82.9 Å². The van der Waals surface area contributed by atoms with Crippen molar-refractivity contribution in [2.45, 2.75) is 39.3 Å². The first-order valence-corrected chi connectivity index (χ1v) is 15.1. The van der Waals surface area contributed by atoms with Gasteiger partial charge in [-0.2, -0.15) is 0 Å². The zero-order valence-corrected chi connectivity index (χ0v) is 26.1. The summed E-state index contributed by atoms with van der Waals surface area (Å²) in [7, 11) is 0. The molecule has 2 aliphatic rings. The lowest BCUT2D eigenvalue weighted by Crippen LogP contribution is -2.33. The third kappa shape index (κ3) is 5.04. The summed E-state index contributed by atoms with van der Waals surface area (Å²) in [5, 5.41) is 7.17. The van der Waals surface area contributed by atoms with E-state index in [1.807, 2.05) is 18.2 Å². The average Bonchev–Trinajstić information content (AvgIpc) is 2.87. The molecule has 1 N–H and O–H groups in total. The third-order valence-corrected chi connectivity index (χ3v) is 9.11. The van der Waals surface area contributed by atoms with Crippen LogP contribution in [0.5, 0.6) is 5.75 Å². The number of hydrogen-bond acceptors (Lipinski definition) is 3. The summed E-state index contributed by atoms with van der Waals surface area (Å²) in [4.78, 5) is 13.9. The number of benzene rings is 4. The van der Waals surface area contributed by atoms with Crippen molar-refractivity contribution in [3.05, 3.63) is 108 Å². The van der Waals surface area contributed by atoms with E-state index < -0.39 is 0 Å². The van der Waals surface area contributed by atoms with E-state index in [0.29, 0.717) is 22.2 Å². The standard InChI is InChI=1S/C32H25Br2Cl2NO2/c1-32(2)14-23-28-21-6-4-3-5-17(21)8-10-26(28)37-30(29(23)27(38)15-32)22-11-19(33)12-24(34)31(22)39-16-18-7-9-20(35)13-25(18)36/h3-13,30,37H,14-16H2,1-2H3/t30-/m0/s1. The van der Waals surface area contributed by atoms with Gasteiger partial charge in [-0.25, -0.2) is 0 Å². The number of halogens is 4. The average molecular weight is 686 g/mol. The molecule has 7 heteroatoms. The van der Waals surface area contributed by atoms with Crippen LogP contribution in [0.15, 0.2) is 81.2 Å². The van der Waals surface area contributed by atoms with Gasteiger partial charge in [-0.15, -0.1) is 0 Å². The number of carbonyl (C=O) groups is 1. The topological polar surface area (TPSA) is 38.3 Å². The maximum atomic E-state index is 13.9. The van der Waals surface area contributed by atoms with Crippen LogP contribution >= 0.6 is 55.1 Å². The molecule has 0 fully saturated rings. The summed E-state index contributed by atoms with van der Waals surface area (Å²) >= 11 is 19.9. The molecule has 4 aromatic carbocycles. The summed E-state index contributed by atoms with van der Waals surface area (Å²) in [6, 6.07) is 21.6. The van der Waals surface area contributed by atoms with E-state index in [2.05, 4.69) is 87.4 Å². The van der Waals surface area contributed by atoms with E-state index in [0.717, 1.165) is 59.7 Å². The number of allylic oxidation sites excluding steroid dienone is 1. The van der Waals surface area contributed by atoms with Gasteiger partial charge in [-0.3, -0.25) is 4.79 Å². The summed E-state index contributed by atoms with van der Waals surface area (Å²) in [6.07, 6.45) is 1.31. The molecule has 0 bridgehead atoms. The Morgan fingerprint density at radius 3 is 2.59 bits per heavy atom. The van der Waals surface area contributed by atoms with E-state index in [-0.39, 0.29) is 23.8 Å². The molecule has 0 amide bonds. The maximum absolute atomic E-state index is 13.9. The molecule has 6 rings (SSSR count). The van der Waals surface area contributed by atoms with Crippen LogP contribution in [-0.4, -0.2) is 5.78 Å². The highest BCUT2D eigenvalue weighted by atomic mass is 79.9. The second-order valence-corrected chi connectivity index (χ2v) is 13.6. The van der Waals surface area contributed by atoms with Gasteiger partial charge in [0.15, 0.2) is 5.78 Å². The number of Topliss-reactive ketones (excluding diaryl/α,β-unsaturated/α-hetero) is 1. The first-order valence-electron chi connectivity index (χ1n) is 12.7. The van der Waals surface area contributed by atoms with Crippen LogP contribution < -0.4 is 10.1 Å². The largest absolute Gasteiger partial charge is 0.487 e. The molecular weight excluding hydrogens is 661 g/mol. The summed E-state index contributed by atoms with van der Waals surface area (Å²) in [5.41, 5.74) is 5.66.